The second-order valence-corrected chi connectivity index (χ2v) is 17.2. The molecule has 4 aromatic carbocycles. The van der Waals surface area contributed by atoms with Gasteiger partial charge in [-0.25, -0.2) is 14.8 Å². The molecular formula is C48H49ClN8O7. The zero-order chi connectivity index (χ0) is 45.9. The van der Waals surface area contributed by atoms with E-state index in [0.29, 0.717) is 44.4 Å². The van der Waals surface area contributed by atoms with E-state index in [1.807, 2.05) is 26.0 Å². The van der Waals surface area contributed by atoms with Crippen molar-refractivity contribution < 1.29 is 33.4 Å². The van der Waals surface area contributed by atoms with Crippen LogP contribution >= 0.6 is 11.6 Å². The normalized spacial score (nSPS) is 13.3. The molecule has 2 fully saturated rings. The Bertz CT molecular complexity index is 2780. The summed E-state index contributed by atoms with van der Waals surface area (Å²) in [6.07, 6.45) is 7.01. The van der Waals surface area contributed by atoms with Crippen molar-refractivity contribution in [3.05, 3.63) is 147 Å². The maximum absolute atomic E-state index is 13.2. The van der Waals surface area contributed by atoms with Gasteiger partial charge in [-0.1, -0.05) is 48.0 Å². The largest absolute Gasteiger partial charge is 0.482 e. The van der Waals surface area contributed by atoms with Gasteiger partial charge >= 0.3 is 5.97 Å². The molecular weight excluding hydrogens is 836 g/mol. The number of nitrogens with one attached hydrogen (secondary N) is 2. The number of esters is 1. The standard InChI is InChI=1S/C27H30N4O5.C21H19ClN4O2/c1-16-8-9-18(26(34)30-19-10-11-19)13-21(16)31-15-29-23(25(31)28)24(33)17-6-5-7-20(12-17)35-14-22(32)36-27(2,3)4;1-12-5-6-14(21(28)25-16-7-8-16)10-17(12)26-11-24-18(20(26)23)19(27)13-3-2-4-15(22)9-13/h5-9,12-13,15,19H,10-11,14,28H2,1-4H3,(H,30,34);2-6,9-11,16H,7-8,23H2,1H3,(H,25,28). The molecule has 8 rings (SSSR count). The lowest BCUT2D eigenvalue weighted by molar-refractivity contribution is -0.157. The fourth-order valence-corrected chi connectivity index (χ4v) is 6.80. The summed E-state index contributed by atoms with van der Waals surface area (Å²) < 4.78 is 14.0. The number of aryl methyl sites for hydroxylation is 2. The Labute approximate surface area is 375 Å². The predicted octanol–water partition coefficient (Wildman–Crippen LogP) is 7.15. The number of imidazole rings is 2. The Balaban J connectivity index is 0.000000197. The summed E-state index contributed by atoms with van der Waals surface area (Å²) in [5, 5.41) is 6.41. The number of carbonyl (C=O) groups excluding carboxylic acids is 5. The molecule has 15 nitrogen and oxygen atoms in total. The monoisotopic (exact) mass is 884 g/mol. The molecule has 0 bridgehead atoms. The minimum atomic E-state index is -0.618. The molecule has 64 heavy (non-hydrogen) atoms. The van der Waals surface area contributed by atoms with E-state index < -0.39 is 17.4 Å². The molecule has 2 aliphatic carbocycles. The number of nitrogens with two attached hydrogens (primary N) is 2. The molecule has 0 saturated heterocycles. The van der Waals surface area contributed by atoms with Crippen molar-refractivity contribution in [3.63, 3.8) is 0 Å². The van der Waals surface area contributed by atoms with E-state index in [9.17, 15) is 24.0 Å². The van der Waals surface area contributed by atoms with Gasteiger partial charge in [-0.3, -0.25) is 28.3 Å². The van der Waals surface area contributed by atoms with Crippen LogP contribution in [0.3, 0.4) is 0 Å². The van der Waals surface area contributed by atoms with E-state index in [2.05, 4.69) is 20.6 Å². The number of hydrogen-bond donors (Lipinski definition) is 4. The molecule has 2 heterocycles. The molecule has 6 N–H and O–H groups in total. The first-order valence-electron chi connectivity index (χ1n) is 20.7. The van der Waals surface area contributed by atoms with Crippen LogP contribution < -0.4 is 26.8 Å². The lowest BCUT2D eigenvalue weighted by Gasteiger charge is -2.19. The van der Waals surface area contributed by atoms with Crippen molar-refractivity contribution in [2.45, 2.75) is 78.0 Å². The average molecular weight is 885 g/mol. The van der Waals surface area contributed by atoms with Crippen LogP contribution in [0.25, 0.3) is 11.4 Å². The van der Waals surface area contributed by atoms with Crippen molar-refractivity contribution in [1.29, 1.82) is 0 Å². The van der Waals surface area contributed by atoms with Crippen LogP contribution in [-0.4, -0.2) is 72.7 Å². The summed E-state index contributed by atoms with van der Waals surface area (Å²) in [6.45, 7) is 8.84. The molecule has 0 aliphatic heterocycles. The van der Waals surface area contributed by atoms with Crippen molar-refractivity contribution in [1.82, 2.24) is 29.7 Å². The van der Waals surface area contributed by atoms with Crippen LogP contribution in [0.4, 0.5) is 11.6 Å². The lowest BCUT2D eigenvalue weighted by Crippen LogP contribution is -2.27. The third-order valence-electron chi connectivity index (χ3n) is 10.3. The predicted molar refractivity (Wildman–Crippen MR) is 243 cm³/mol. The smallest absolute Gasteiger partial charge is 0.344 e. The molecule has 2 aliphatic rings. The Hall–Kier alpha value is -7.26. The quantitative estimate of drug-likeness (QED) is 0.0675. The summed E-state index contributed by atoms with van der Waals surface area (Å²) in [4.78, 5) is 71.3. The lowest BCUT2D eigenvalue weighted by atomic mass is 10.1. The van der Waals surface area contributed by atoms with Crippen molar-refractivity contribution >= 4 is 52.6 Å². The Kier molecular flexibility index (Phi) is 13.0. The average Bonchev–Trinajstić information content (AvgIpc) is 4.19. The third kappa shape index (κ3) is 10.8. The first-order valence-corrected chi connectivity index (χ1v) is 21.1. The van der Waals surface area contributed by atoms with Gasteiger partial charge in [0.1, 0.15) is 35.6 Å². The highest BCUT2D eigenvalue weighted by Gasteiger charge is 2.27. The van der Waals surface area contributed by atoms with Gasteiger partial charge in [0.2, 0.25) is 11.6 Å². The number of rotatable bonds is 13. The summed E-state index contributed by atoms with van der Waals surface area (Å²) >= 11 is 5.98. The number of nitrogens with zero attached hydrogens (tertiary/aromatic N) is 4. The molecule has 0 unspecified atom stereocenters. The van der Waals surface area contributed by atoms with Crippen LogP contribution in [0.1, 0.15) is 110 Å². The number of amides is 2. The van der Waals surface area contributed by atoms with Crippen LogP contribution in [0.15, 0.2) is 97.6 Å². The van der Waals surface area contributed by atoms with Gasteiger partial charge in [-0.2, -0.15) is 0 Å². The fourth-order valence-electron chi connectivity index (χ4n) is 6.61. The van der Waals surface area contributed by atoms with Gasteiger partial charge in [-0.15, -0.1) is 0 Å². The minimum absolute atomic E-state index is 0.0755. The maximum Gasteiger partial charge on any atom is 0.344 e. The third-order valence-corrected chi connectivity index (χ3v) is 10.5. The number of ether oxygens (including phenoxy) is 2. The zero-order valence-electron chi connectivity index (χ0n) is 36.1. The molecule has 16 heteroatoms. The van der Waals surface area contributed by atoms with E-state index >= 15 is 0 Å². The van der Waals surface area contributed by atoms with Gasteiger partial charge in [0, 0.05) is 39.4 Å². The van der Waals surface area contributed by atoms with Crippen molar-refractivity contribution in [2.75, 3.05) is 18.1 Å². The Morgan fingerprint density at radius 2 is 1.14 bits per heavy atom. The zero-order valence-corrected chi connectivity index (χ0v) is 36.9. The van der Waals surface area contributed by atoms with Gasteiger partial charge in [-0.05, 0) is 120 Å². The number of anilines is 2. The molecule has 0 atom stereocenters. The van der Waals surface area contributed by atoms with Crippen LogP contribution in [-0.2, 0) is 9.53 Å². The highest BCUT2D eigenvalue weighted by atomic mass is 35.5. The number of nitrogen functional groups attached to an aromatic ring is 2. The molecule has 0 spiro atoms. The SMILES string of the molecule is Cc1ccc(C(=O)NC2CC2)cc1-n1cnc(C(=O)c2cccc(Cl)c2)c1N.Cc1ccc(C(=O)NC2CC2)cc1-n1cnc(C(=O)c2cccc(OCC(=O)OC(C)(C)C)c2)c1N. The highest BCUT2D eigenvalue weighted by molar-refractivity contribution is 6.31. The first-order chi connectivity index (χ1) is 30.4. The number of hydrogen-bond acceptors (Lipinski definition) is 11. The van der Waals surface area contributed by atoms with Gasteiger partial charge in [0.25, 0.3) is 11.8 Å². The minimum Gasteiger partial charge on any atom is -0.482 e. The second-order valence-electron chi connectivity index (χ2n) is 16.8. The number of halogens is 1. The number of benzene rings is 4. The van der Waals surface area contributed by atoms with Crippen LogP contribution in [0.2, 0.25) is 5.02 Å². The molecule has 2 saturated carbocycles. The van der Waals surface area contributed by atoms with Crippen molar-refractivity contribution in [2.24, 2.45) is 0 Å². The fraction of sp³-hybridized carbons (Fsp3) is 0.271. The van der Waals surface area contributed by atoms with Crippen LogP contribution in [0.5, 0.6) is 5.75 Å². The van der Waals surface area contributed by atoms with E-state index in [-0.39, 0.29) is 59.3 Å². The highest BCUT2D eigenvalue weighted by Crippen LogP contribution is 2.28. The second kappa shape index (κ2) is 18.6. The number of aromatic nitrogens is 4. The molecule has 2 aromatic heterocycles. The summed E-state index contributed by atoms with van der Waals surface area (Å²) in [5.74, 6) is -0.751. The van der Waals surface area contributed by atoms with Gasteiger partial charge in [0.15, 0.2) is 18.0 Å². The molecule has 330 valence electrons. The Morgan fingerprint density at radius 3 is 1.59 bits per heavy atom. The number of ketones is 2. The van der Waals surface area contributed by atoms with E-state index in [1.165, 1.54) is 18.7 Å². The van der Waals surface area contributed by atoms with Crippen LogP contribution in [0, 0.1) is 13.8 Å². The van der Waals surface area contributed by atoms with E-state index in [1.54, 1.807) is 96.6 Å². The Morgan fingerprint density at radius 1 is 0.672 bits per heavy atom. The summed E-state index contributed by atoms with van der Waals surface area (Å²) in [7, 11) is 0. The van der Waals surface area contributed by atoms with E-state index in [0.717, 1.165) is 36.8 Å². The molecule has 0 radical (unpaired) electrons. The van der Waals surface area contributed by atoms with E-state index in [4.69, 9.17) is 32.5 Å². The molecule has 2 amide bonds. The topological polar surface area (TPSA) is 216 Å². The van der Waals surface area contributed by atoms with Gasteiger partial charge < -0.3 is 31.6 Å². The maximum atomic E-state index is 13.2. The summed E-state index contributed by atoms with van der Waals surface area (Å²) in [6, 6.07) is 24.3. The van der Waals surface area contributed by atoms with Gasteiger partial charge in [0.05, 0.1) is 11.4 Å². The number of carbonyl (C=O) groups is 5. The molecule has 6 aromatic rings. The first kappa shape index (κ1) is 44.8. The van der Waals surface area contributed by atoms with Crippen molar-refractivity contribution in [3.8, 4) is 17.1 Å². The summed E-state index contributed by atoms with van der Waals surface area (Å²) in [5.41, 5.74) is 17.1.